The molecule has 0 aromatic carbocycles. The number of aromatic nitrogens is 2. The van der Waals surface area contributed by atoms with Crippen molar-refractivity contribution in [1.29, 1.82) is 0 Å². The summed E-state index contributed by atoms with van der Waals surface area (Å²) in [5, 5.41) is 9.47. The van der Waals surface area contributed by atoms with E-state index < -0.39 is 12.0 Å². The number of hydrogen-bond acceptors (Lipinski definition) is 5. The first-order valence-electron chi connectivity index (χ1n) is 9.31. The summed E-state index contributed by atoms with van der Waals surface area (Å²) in [5.74, 6) is 1.03. The van der Waals surface area contributed by atoms with Gasteiger partial charge in [-0.25, -0.2) is 14.8 Å². The topological polar surface area (TPSA) is 86.6 Å². The minimum absolute atomic E-state index is 0.0891. The summed E-state index contributed by atoms with van der Waals surface area (Å²) in [7, 11) is 0. The van der Waals surface area contributed by atoms with E-state index in [1.807, 2.05) is 6.92 Å². The number of carboxylic acids is 1. The molecule has 142 valence electrons. The van der Waals surface area contributed by atoms with Crippen LogP contribution in [0.25, 0.3) is 0 Å². The van der Waals surface area contributed by atoms with Crippen LogP contribution < -0.4 is 4.90 Å². The number of anilines is 1. The number of hydrogen-bond donors (Lipinski definition) is 1. The van der Waals surface area contributed by atoms with Crippen LogP contribution in [-0.4, -0.2) is 57.5 Å². The first-order valence-corrected chi connectivity index (χ1v) is 9.31. The van der Waals surface area contributed by atoms with Crippen molar-refractivity contribution in [1.82, 2.24) is 14.9 Å². The fourth-order valence-corrected chi connectivity index (χ4v) is 4.21. The van der Waals surface area contributed by atoms with Gasteiger partial charge in [-0.3, -0.25) is 4.79 Å². The largest absolute Gasteiger partial charge is 0.480 e. The average molecular weight is 360 g/mol. The molecule has 3 rings (SSSR count). The standard InChI is InChI=1S/C19H28N4O3/c1-12(2)15-9-17(21-13(3)20-15)22-7-5-19(6-8-22)10-16(18(25)26)23(11-19)14(4)24/h9,12,16H,5-8,10-11H2,1-4H3,(H,25,26)/t16-/m1/s1. The minimum atomic E-state index is -0.896. The Morgan fingerprint density at radius 2 is 1.92 bits per heavy atom. The van der Waals surface area contributed by atoms with E-state index in [9.17, 15) is 14.7 Å². The van der Waals surface area contributed by atoms with E-state index in [0.717, 1.165) is 43.3 Å². The zero-order chi connectivity index (χ0) is 19.1. The Kier molecular flexibility index (Phi) is 4.90. The maximum absolute atomic E-state index is 11.8. The number of aryl methyl sites for hydroxylation is 1. The molecule has 1 aromatic rings. The third kappa shape index (κ3) is 3.52. The lowest BCUT2D eigenvalue weighted by Gasteiger charge is -2.39. The van der Waals surface area contributed by atoms with Crippen molar-refractivity contribution in [3.63, 3.8) is 0 Å². The van der Waals surface area contributed by atoms with Crippen LogP contribution in [0.4, 0.5) is 5.82 Å². The molecule has 0 radical (unpaired) electrons. The van der Waals surface area contributed by atoms with Gasteiger partial charge in [0.15, 0.2) is 0 Å². The summed E-state index contributed by atoms with van der Waals surface area (Å²) in [6.45, 7) is 9.82. The summed E-state index contributed by atoms with van der Waals surface area (Å²) in [6.07, 6.45) is 2.30. The molecule has 0 unspecified atom stereocenters. The SMILES string of the molecule is CC(=O)N1CC2(CCN(c3cc(C(C)C)nc(C)n3)CC2)C[C@@H]1C(=O)O. The number of carbonyl (C=O) groups excluding carboxylic acids is 1. The van der Waals surface area contributed by atoms with Crippen molar-refractivity contribution in [3.05, 3.63) is 17.6 Å². The fourth-order valence-electron chi connectivity index (χ4n) is 4.21. The third-order valence-corrected chi connectivity index (χ3v) is 5.78. The van der Waals surface area contributed by atoms with Crippen LogP contribution in [0.1, 0.15) is 57.5 Å². The second-order valence-electron chi connectivity index (χ2n) is 8.05. The summed E-state index contributed by atoms with van der Waals surface area (Å²) < 4.78 is 0. The smallest absolute Gasteiger partial charge is 0.326 e. The van der Waals surface area contributed by atoms with E-state index in [4.69, 9.17) is 0 Å². The Hall–Kier alpha value is -2.18. The van der Waals surface area contributed by atoms with Crippen LogP contribution in [0.15, 0.2) is 6.07 Å². The molecule has 3 heterocycles. The molecule has 7 nitrogen and oxygen atoms in total. The number of nitrogens with zero attached hydrogens (tertiary/aromatic N) is 4. The van der Waals surface area contributed by atoms with Gasteiger partial charge in [-0.2, -0.15) is 0 Å². The van der Waals surface area contributed by atoms with E-state index in [0.29, 0.717) is 18.9 Å². The number of carbonyl (C=O) groups is 2. The van der Waals surface area contributed by atoms with Crippen LogP contribution in [0.2, 0.25) is 0 Å². The first kappa shape index (κ1) is 18.6. The van der Waals surface area contributed by atoms with Gasteiger partial charge in [0.25, 0.3) is 0 Å². The quantitative estimate of drug-likeness (QED) is 0.889. The van der Waals surface area contributed by atoms with Crippen LogP contribution in [0.5, 0.6) is 0 Å². The second-order valence-corrected chi connectivity index (χ2v) is 8.05. The molecular formula is C19H28N4O3. The zero-order valence-corrected chi connectivity index (χ0v) is 16.0. The van der Waals surface area contributed by atoms with E-state index in [1.165, 1.54) is 11.8 Å². The minimum Gasteiger partial charge on any atom is -0.480 e. The molecule has 2 saturated heterocycles. The number of carboxylic acid groups (broad SMARTS) is 1. The normalized spacial score (nSPS) is 22.3. The molecule has 0 bridgehead atoms. The summed E-state index contributed by atoms with van der Waals surface area (Å²) >= 11 is 0. The van der Waals surface area contributed by atoms with Gasteiger partial charge in [-0.15, -0.1) is 0 Å². The van der Waals surface area contributed by atoms with Crippen LogP contribution in [-0.2, 0) is 9.59 Å². The molecule has 2 aliphatic heterocycles. The summed E-state index contributed by atoms with van der Waals surface area (Å²) in [4.78, 5) is 36.3. The predicted octanol–water partition coefficient (Wildman–Crippen LogP) is 2.20. The Morgan fingerprint density at radius 1 is 1.27 bits per heavy atom. The second kappa shape index (κ2) is 6.85. The van der Waals surface area contributed by atoms with Crippen molar-refractivity contribution in [2.45, 2.75) is 58.9 Å². The number of rotatable bonds is 3. The number of amides is 1. The Balaban J connectivity index is 1.74. The van der Waals surface area contributed by atoms with E-state index in [2.05, 4.69) is 34.8 Å². The van der Waals surface area contributed by atoms with E-state index >= 15 is 0 Å². The third-order valence-electron chi connectivity index (χ3n) is 5.78. The van der Waals surface area contributed by atoms with Gasteiger partial charge in [0.05, 0.1) is 0 Å². The van der Waals surface area contributed by atoms with Crippen molar-refractivity contribution < 1.29 is 14.7 Å². The van der Waals surface area contributed by atoms with Gasteiger partial charge >= 0.3 is 5.97 Å². The average Bonchev–Trinajstić information content (AvgIpc) is 2.95. The molecule has 2 aliphatic rings. The molecule has 26 heavy (non-hydrogen) atoms. The maximum Gasteiger partial charge on any atom is 0.326 e. The van der Waals surface area contributed by atoms with Gasteiger partial charge in [-0.1, -0.05) is 13.8 Å². The summed E-state index contributed by atoms with van der Waals surface area (Å²) in [6, 6.07) is 1.37. The molecular weight excluding hydrogens is 332 g/mol. The Bertz CT molecular complexity index is 687. The van der Waals surface area contributed by atoms with E-state index in [1.54, 1.807) is 0 Å². The van der Waals surface area contributed by atoms with Crippen LogP contribution in [0, 0.1) is 12.3 Å². The van der Waals surface area contributed by atoms with Gasteiger partial charge < -0.3 is 14.9 Å². The van der Waals surface area contributed by atoms with Gasteiger partial charge in [-0.05, 0) is 37.5 Å². The van der Waals surface area contributed by atoms with Crippen LogP contribution >= 0.6 is 0 Å². The molecule has 1 aromatic heterocycles. The van der Waals surface area contributed by atoms with E-state index in [-0.39, 0.29) is 11.3 Å². The van der Waals surface area contributed by atoms with Gasteiger partial charge in [0.1, 0.15) is 17.7 Å². The summed E-state index contributed by atoms with van der Waals surface area (Å²) in [5.41, 5.74) is 0.955. The number of aliphatic carboxylic acids is 1. The molecule has 7 heteroatoms. The monoisotopic (exact) mass is 360 g/mol. The van der Waals surface area contributed by atoms with Gasteiger partial charge in [0, 0.05) is 38.3 Å². The highest BCUT2D eigenvalue weighted by Crippen LogP contribution is 2.44. The lowest BCUT2D eigenvalue weighted by atomic mass is 9.76. The molecule has 0 aliphatic carbocycles. The Morgan fingerprint density at radius 3 is 2.42 bits per heavy atom. The molecule has 1 atom stereocenters. The molecule has 1 amide bonds. The molecule has 2 fully saturated rings. The molecule has 0 saturated carbocycles. The maximum atomic E-state index is 11.8. The highest BCUT2D eigenvalue weighted by Gasteiger charge is 2.49. The first-order chi connectivity index (χ1) is 12.2. The van der Waals surface area contributed by atoms with Crippen molar-refractivity contribution >= 4 is 17.7 Å². The molecule has 1 spiro atoms. The zero-order valence-electron chi connectivity index (χ0n) is 16.0. The fraction of sp³-hybridized carbons (Fsp3) is 0.684. The molecule has 1 N–H and O–H groups in total. The Labute approximate surface area is 154 Å². The van der Waals surface area contributed by atoms with Crippen molar-refractivity contribution in [2.24, 2.45) is 5.41 Å². The van der Waals surface area contributed by atoms with Crippen LogP contribution in [0.3, 0.4) is 0 Å². The highest BCUT2D eigenvalue weighted by atomic mass is 16.4. The number of likely N-dealkylation sites (tertiary alicyclic amines) is 1. The highest BCUT2D eigenvalue weighted by molar-refractivity contribution is 5.83. The van der Waals surface area contributed by atoms with Crippen molar-refractivity contribution in [3.8, 4) is 0 Å². The number of piperidine rings is 1. The van der Waals surface area contributed by atoms with Gasteiger partial charge in [0.2, 0.25) is 5.91 Å². The van der Waals surface area contributed by atoms with Crippen molar-refractivity contribution in [2.75, 3.05) is 24.5 Å². The predicted molar refractivity (Wildman–Crippen MR) is 98.2 cm³/mol. The lowest BCUT2D eigenvalue weighted by Crippen LogP contribution is -2.42. The lowest BCUT2D eigenvalue weighted by molar-refractivity contribution is -0.147.